The molecule has 5 rings (SSSR count). The van der Waals surface area contributed by atoms with Crippen LogP contribution in [0.25, 0.3) is 0 Å². The summed E-state index contributed by atoms with van der Waals surface area (Å²) in [5.74, 6) is -2.47. The molecule has 8 heteroatoms. The SMILES string of the molecule is CC(C)[C@H]1N[C@@]2(C(=O)Nc3c(Cl)cccc32)[C@@H]2C(=O)N(Cc3ccccc3Cl)C(=O)[C@H]12. The van der Waals surface area contributed by atoms with Gasteiger partial charge in [-0.05, 0) is 23.6 Å². The van der Waals surface area contributed by atoms with Crippen LogP contribution in [-0.4, -0.2) is 28.7 Å². The molecule has 2 N–H and O–H groups in total. The monoisotopic (exact) mass is 457 g/mol. The number of nitrogens with zero attached hydrogens (tertiary/aromatic N) is 1. The first-order chi connectivity index (χ1) is 14.8. The predicted octanol–water partition coefficient (Wildman–Crippen LogP) is 3.57. The highest BCUT2D eigenvalue weighted by Crippen LogP contribution is 2.55. The molecule has 3 aliphatic heterocycles. The normalized spacial score (nSPS) is 29.1. The number of halogens is 2. The fourth-order valence-electron chi connectivity index (χ4n) is 5.31. The lowest BCUT2D eigenvalue weighted by Gasteiger charge is -2.30. The van der Waals surface area contributed by atoms with Crippen LogP contribution < -0.4 is 10.6 Å². The summed E-state index contributed by atoms with van der Waals surface area (Å²) in [5.41, 5.74) is 0.466. The summed E-state index contributed by atoms with van der Waals surface area (Å²) in [4.78, 5) is 41.8. The summed E-state index contributed by atoms with van der Waals surface area (Å²) >= 11 is 12.6. The summed E-state index contributed by atoms with van der Waals surface area (Å²) in [6.07, 6.45) is 0. The van der Waals surface area contributed by atoms with Crippen LogP contribution in [0.1, 0.15) is 25.0 Å². The second-order valence-electron chi connectivity index (χ2n) is 8.70. The lowest BCUT2D eigenvalue weighted by atomic mass is 9.76. The highest BCUT2D eigenvalue weighted by molar-refractivity contribution is 6.35. The quantitative estimate of drug-likeness (QED) is 0.690. The van der Waals surface area contributed by atoms with Gasteiger partial charge >= 0.3 is 0 Å². The second-order valence-corrected chi connectivity index (χ2v) is 9.51. The number of likely N-dealkylation sites (tertiary alicyclic amines) is 1. The van der Waals surface area contributed by atoms with Crippen molar-refractivity contribution in [1.29, 1.82) is 0 Å². The maximum atomic E-state index is 13.7. The Hall–Kier alpha value is -2.41. The van der Waals surface area contributed by atoms with Crippen molar-refractivity contribution in [3.8, 4) is 0 Å². The van der Waals surface area contributed by atoms with Crippen molar-refractivity contribution in [1.82, 2.24) is 10.2 Å². The fraction of sp³-hybridized carbons (Fsp3) is 0.348. The van der Waals surface area contributed by atoms with E-state index < -0.39 is 17.4 Å². The number of carbonyl (C=O) groups excluding carboxylic acids is 3. The minimum Gasteiger partial charge on any atom is -0.323 e. The number of hydrogen-bond acceptors (Lipinski definition) is 4. The van der Waals surface area contributed by atoms with Gasteiger partial charge in [0.1, 0.15) is 5.54 Å². The van der Waals surface area contributed by atoms with Gasteiger partial charge in [-0.2, -0.15) is 0 Å². The number of anilines is 1. The fourth-order valence-corrected chi connectivity index (χ4v) is 5.73. The number of nitrogens with one attached hydrogen (secondary N) is 2. The van der Waals surface area contributed by atoms with Gasteiger partial charge in [-0.25, -0.2) is 0 Å². The van der Waals surface area contributed by atoms with Crippen molar-refractivity contribution in [3.05, 3.63) is 63.6 Å². The third-order valence-corrected chi connectivity index (χ3v) is 7.41. The number of imide groups is 1. The molecule has 0 saturated carbocycles. The maximum Gasteiger partial charge on any atom is 0.250 e. The molecule has 3 aliphatic rings. The number of rotatable bonds is 3. The smallest absolute Gasteiger partial charge is 0.250 e. The highest BCUT2D eigenvalue weighted by atomic mass is 35.5. The van der Waals surface area contributed by atoms with Crippen molar-refractivity contribution in [2.24, 2.45) is 17.8 Å². The molecule has 31 heavy (non-hydrogen) atoms. The number of fused-ring (bicyclic) bond motifs is 4. The minimum atomic E-state index is -1.33. The molecule has 3 amide bonds. The first kappa shape index (κ1) is 20.5. The van der Waals surface area contributed by atoms with E-state index in [-0.39, 0.29) is 36.2 Å². The Labute approximate surface area is 189 Å². The van der Waals surface area contributed by atoms with Gasteiger partial charge < -0.3 is 5.32 Å². The Morgan fingerprint density at radius 1 is 1.00 bits per heavy atom. The number of hydrogen-bond donors (Lipinski definition) is 2. The molecule has 2 saturated heterocycles. The summed E-state index contributed by atoms with van der Waals surface area (Å²) in [6.45, 7) is 4.04. The molecule has 160 valence electrons. The summed E-state index contributed by atoms with van der Waals surface area (Å²) < 4.78 is 0. The van der Waals surface area contributed by atoms with Gasteiger partial charge in [0.25, 0.3) is 0 Å². The van der Waals surface area contributed by atoms with Crippen LogP contribution >= 0.6 is 23.2 Å². The topological polar surface area (TPSA) is 78.5 Å². The number of benzene rings is 2. The molecule has 6 nitrogen and oxygen atoms in total. The Bertz CT molecular complexity index is 1130. The van der Waals surface area contributed by atoms with E-state index in [1.807, 2.05) is 19.9 Å². The van der Waals surface area contributed by atoms with Crippen LogP contribution in [0.15, 0.2) is 42.5 Å². The van der Waals surface area contributed by atoms with Gasteiger partial charge in [-0.1, -0.05) is 67.4 Å². The molecule has 1 spiro atoms. The zero-order valence-corrected chi connectivity index (χ0v) is 18.5. The molecule has 4 atom stereocenters. The van der Waals surface area contributed by atoms with Crippen LogP contribution in [-0.2, 0) is 26.5 Å². The molecule has 2 fully saturated rings. The predicted molar refractivity (Wildman–Crippen MR) is 118 cm³/mol. The third-order valence-electron chi connectivity index (χ3n) is 6.73. The minimum absolute atomic E-state index is 0.0277. The van der Waals surface area contributed by atoms with Gasteiger partial charge in [0.15, 0.2) is 0 Å². The van der Waals surface area contributed by atoms with Crippen LogP contribution in [0.2, 0.25) is 10.0 Å². The van der Waals surface area contributed by atoms with Crippen molar-refractivity contribution >= 4 is 46.6 Å². The molecule has 0 unspecified atom stereocenters. The summed E-state index contributed by atoms with van der Waals surface area (Å²) in [6, 6.07) is 12.0. The second kappa shape index (κ2) is 7.05. The molecule has 3 heterocycles. The molecule has 2 aromatic rings. The van der Waals surface area contributed by atoms with Gasteiger partial charge in [0.05, 0.1) is 29.1 Å². The molecular formula is C23H21Cl2N3O3. The average Bonchev–Trinajstić information content (AvgIpc) is 3.32. The number of amides is 3. The molecule has 0 bridgehead atoms. The van der Waals surface area contributed by atoms with E-state index >= 15 is 0 Å². The zero-order chi connectivity index (χ0) is 22.1. The van der Waals surface area contributed by atoms with Crippen LogP contribution in [0.4, 0.5) is 5.69 Å². The van der Waals surface area contributed by atoms with Crippen molar-refractivity contribution in [3.63, 3.8) is 0 Å². The van der Waals surface area contributed by atoms with Gasteiger partial charge in [-0.3, -0.25) is 24.6 Å². The number of carbonyl (C=O) groups is 3. The van der Waals surface area contributed by atoms with E-state index in [0.717, 1.165) is 0 Å². The summed E-state index contributed by atoms with van der Waals surface area (Å²) in [5, 5.41) is 7.13. The Balaban J connectivity index is 1.63. The van der Waals surface area contributed by atoms with Gasteiger partial charge in [0, 0.05) is 16.6 Å². The largest absolute Gasteiger partial charge is 0.323 e. The first-order valence-electron chi connectivity index (χ1n) is 10.2. The lowest BCUT2D eigenvalue weighted by molar-refractivity contribution is -0.143. The van der Waals surface area contributed by atoms with E-state index in [0.29, 0.717) is 26.9 Å². The van der Waals surface area contributed by atoms with E-state index in [1.165, 1.54) is 4.90 Å². The molecular weight excluding hydrogens is 437 g/mol. The van der Waals surface area contributed by atoms with Crippen LogP contribution in [0, 0.1) is 17.8 Å². The van der Waals surface area contributed by atoms with E-state index in [9.17, 15) is 14.4 Å². The van der Waals surface area contributed by atoms with Gasteiger partial charge in [-0.15, -0.1) is 0 Å². The van der Waals surface area contributed by atoms with Gasteiger partial charge in [0.2, 0.25) is 17.7 Å². The van der Waals surface area contributed by atoms with Crippen LogP contribution in [0.3, 0.4) is 0 Å². The molecule has 0 radical (unpaired) electrons. The zero-order valence-electron chi connectivity index (χ0n) is 17.0. The van der Waals surface area contributed by atoms with E-state index in [2.05, 4.69) is 10.6 Å². The summed E-state index contributed by atoms with van der Waals surface area (Å²) in [7, 11) is 0. The molecule has 0 aromatic heterocycles. The standard InChI is InChI=1S/C23H21Cl2N3O3/c1-11(2)18-16-17(21(30)28(20(16)29)10-12-6-3-4-8-14(12)24)23(27-18)13-7-5-9-15(25)19(13)26-22(23)31/h3-9,11,16-18,27H,10H2,1-2H3,(H,26,31)/t16-,17-,18+,23+/m0/s1. The Kier molecular flexibility index (Phi) is 4.66. The first-order valence-corrected chi connectivity index (χ1v) is 11.0. The lowest BCUT2D eigenvalue weighted by Crippen LogP contribution is -2.53. The molecule has 0 aliphatic carbocycles. The van der Waals surface area contributed by atoms with Crippen molar-refractivity contribution in [2.75, 3.05) is 5.32 Å². The molecule has 2 aromatic carbocycles. The highest BCUT2D eigenvalue weighted by Gasteiger charge is 2.70. The maximum absolute atomic E-state index is 13.7. The third kappa shape index (κ3) is 2.71. The van der Waals surface area contributed by atoms with Crippen LogP contribution in [0.5, 0.6) is 0 Å². The Morgan fingerprint density at radius 3 is 2.42 bits per heavy atom. The average molecular weight is 458 g/mol. The number of para-hydroxylation sites is 1. The van der Waals surface area contributed by atoms with Crippen molar-refractivity contribution < 1.29 is 14.4 Å². The van der Waals surface area contributed by atoms with E-state index in [4.69, 9.17) is 23.2 Å². The van der Waals surface area contributed by atoms with E-state index in [1.54, 1.807) is 36.4 Å². The van der Waals surface area contributed by atoms with Crippen molar-refractivity contribution in [2.45, 2.75) is 32.0 Å². The Morgan fingerprint density at radius 2 is 1.71 bits per heavy atom.